The van der Waals surface area contributed by atoms with Crippen LogP contribution in [0.3, 0.4) is 0 Å². The first-order chi connectivity index (χ1) is 50.1. The van der Waals surface area contributed by atoms with E-state index < -0.39 is 95.1 Å². The quantitative estimate of drug-likeness (QED) is 0.0341. The van der Waals surface area contributed by atoms with Gasteiger partial charge in [0.2, 0.25) is 11.6 Å². The van der Waals surface area contributed by atoms with Gasteiger partial charge < -0.3 is 99.4 Å². The minimum atomic E-state index is -2.66. The van der Waals surface area contributed by atoms with Crippen molar-refractivity contribution in [2.75, 3.05) is 72.6 Å². The van der Waals surface area contributed by atoms with Crippen molar-refractivity contribution in [2.45, 2.75) is 136 Å². The highest BCUT2D eigenvalue weighted by Gasteiger charge is 2.51. The Balaban J connectivity index is 1.07. The molecule has 34 heteroatoms. The number of nitrogens with two attached hydrogens (primary N) is 1. The summed E-state index contributed by atoms with van der Waals surface area (Å²) in [6, 6.07) is 5.58. The fourth-order valence-electron chi connectivity index (χ4n) is 14.7. The number of anilines is 5. The Labute approximate surface area is 602 Å². The van der Waals surface area contributed by atoms with Gasteiger partial charge in [-0.3, -0.25) is 19.7 Å². The fraction of sp³-hybridized carbons (Fsp3) is 0.423. The van der Waals surface area contributed by atoms with E-state index in [2.05, 4.69) is 79.4 Å². The summed E-state index contributed by atoms with van der Waals surface area (Å²) in [6.45, 7) is 10.7. The zero-order chi connectivity index (χ0) is 75.7. The van der Waals surface area contributed by atoms with Gasteiger partial charge >= 0.3 is 54.0 Å². The lowest BCUT2D eigenvalue weighted by molar-refractivity contribution is -0.138. The zero-order valence-corrected chi connectivity index (χ0v) is 58.9. The zero-order valence-electron chi connectivity index (χ0n) is 58.9. The van der Waals surface area contributed by atoms with E-state index in [4.69, 9.17) is 20.3 Å². The van der Waals surface area contributed by atoms with Crippen molar-refractivity contribution in [3.05, 3.63) is 139 Å². The second kappa shape index (κ2) is 32.3. The number of carboxylic acid groups (broad SMARTS) is 4. The summed E-state index contributed by atoms with van der Waals surface area (Å²) < 4.78 is 14.3. The molecule has 4 aromatic carbocycles. The standard InChI is InChI=1S/C71H87N17O17/c1-7-41-45-31-75-64(99)80-51-18-14-38(60(92)93)27-54(51)79-63(98)71-49-17-13-37(59(90)91)26-53(49)82-68(103)84-70(6)29-42-57(70)43(33-78-71)36(4)44(58(42)105-25-24-104-23-22-88-34-40(86-87-88)16-20-56(89)73-21-11-10-12-50(72)62(96)97)30-74-65(100)83-55-28-39(61(94)95)15-19-52(55)81-66(101)77-35-69(5,47(45)8-2)48(9-3)46(41)32-76-67(102)85-71/h13-15,17-19,26-28,34,48,50,78H,7-12,16,20-25,29-33,35,72H2,1-6H3,(H,73,89)(H,79,98)(H,90,91)(H,92,93)(H,94,95)(H,96,97)(H2,74,83,100)(H2,75,80,99)(H2,76,85,102)(H2,77,81,101)(H2,82,84,103)/t48?,50-,69?,70?,71?/m0/s1. The number of hydrogen-bond acceptors (Lipinski definition) is 17. The van der Waals surface area contributed by atoms with Crippen molar-refractivity contribution in [3.63, 3.8) is 0 Å². The SMILES string of the molecule is CCC1=C2CNC(=O)NC34NCc5c(C)c(c(OCCOCCn6cc(CCC(=O)NCCCC[C@H](N)C(=O)O)nn6)c6c5C(C)(C6)NC(=O)Nc5cc(C(=O)O)ccc53)CNC(=O)Nc3cc(C(=O)O)ccc3NC(=O)NCC(C)(C(CC)=C1CNC(=O)Nc1ccc(C(=O)O)cc1NC4=O)C2CC. The van der Waals surface area contributed by atoms with E-state index in [9.17, 15) is 58.5 Å². The number of ether oxygens (including phenoxy) is 2. The molecule has 4 unspecified atom stereocenters. The van der Waals surface area contributed by atoms with Crippen molar-refractivity contribution < 1.29 is 82.6 Å². The Morgan fingerprint density at radius 3 is 1.94 bits per heavy atom. The Morgan fingerprint density at radius 2 is 1.30 bits per heavy atom. The third-order valence-corrected chi connectivity index (χ3v) is 19.9. The molecular weight excluding hydrogens is 1360 g/mol. The lowest BCUT2D eigenvalue weighted by Gasteiger charge is -2.47. The number of hydrogen-bond donors (Lipinski definition) is 18. The number of urea groups is 5. The Morgan fingerprint density at radius 1 is 0.676 bits per heavy atom. The van der Waals surface area contributed by atoms with Crippen LogP contribution in [0.4, 0.5) is 52.4 Å². The van der Waals surface area contributed by atoms with Crippen LogP contribution in [-0.4, -0.2) is 153 Å². The van der Waals surface area contributed by atoms with E-state index in [-0.39, 0.29) is 134 Å². The minimum Gasteiger partial charge on any atom is -0.491 e. The summed E-state index contributed by atoms with van der Waals surface area (Å²) in [4.78, 5) is 152. The summed E-state index contributed by atoms with van der Waals surface area (Å²) in [6.07, 6.45) is 4.77. The Hall–Kier alpha value is -11.7. The number of rotatable bonds is 22. The van der Waals surface area contributed by atoms with Gasteiger partial charge in [-0.2, -0.15) is 0 Å². The van der Waals surface area contributed by atoms with E-state index in [1.165, 1.54) is 36.4 Å². The monoisotopic (exact) mass is 1450 g/mol. The van der Waals surface area contributed by atoms with Gasteiger partial charge in [-0.05, 0) is 140 Å². The smallest absolute Gasteiger partial charge is 0.335 e. The summed E-state index contributed by atoms with van der Waals surface area (Å²) in [5, 5.41) is 86.2. The first-order valence-electron chi connectivity index (χ1n) is 34.6. The lowest BCUT2D eigenvalue weighted by atomic mass is 9.59. The fourth-order valence-corrected chi connectivity index (χ4v) is 14.7. The molecule has 1 aromatic heterocycles. The average molecular weight is 1450 g/mol. The number of carbonyl (C=O) groups excluding carboxylic acids is 7. The number of carbonyl (C=O) groups is 11. The predicted octanol–water partition coefficient (Wildman–Crippen LogP) is 6.25. The van der Waals surface area contributed by atoms with Gasteiger partial charge in [0.15, 0.2) is 0 Å². The maximum Gasteiger partial charge on any atom is 0.335 e. The van der Waals surface area contributed by atoms with Crippen molar-refractivity contribution in [3.8, 4) is 5.75 Å². The van der Waals surface area contributed by atoms with Crippen LogP contribution in [0.2, 0.25) is 0 Å². The van der Waals surface area contributed by atoms with E-state index in [1.54, 1.807) is 24.7 Å². The summed E-state index contributed by atoms with van der Waals surface area (Å²) in [5.41, 5.74) is 4.38. The highest BCUT2D eigenvalue weighted by atomic mass is 16.5. The van der Waals surface area contributed by atoms with Crippen LogP contribution >= 0.6 is 0 Å². The molecule has 105 heavy (non-hydrogen) atoms. The van der Waals surface area contributed by atoms with Crippen LogP contribution in [0.25, 0.3) is 0 Å². The molecule has 0 fully saturated rings. The second-order valence-electron chi connectivity index (χ2n) is 26.6. The molecule has 5 atom stereocenters. The number of carboxylic acids is 4. The van der Waals surface area contributed by atoms with E-state index >= 15 is 9.59 Å². The molecule has 0 saturated carbocycles. The highest BCUT2D eigenvalue weighted by molar-refractivity contribution is 6.08. The van der Waals surface area contributed by atoms with Gasteiger partial charge in [0.1, 0.15) is 18.4 Å². The molecule has 3 aliphatic heterocycles. The molecule has 558 valence electrons. The number of aliphatic carboxylic acids is 1. The average Bonchev–Trinajstić information content (AvgIpc) is 1.48. The number of nitrogens with zero attached hydrogens (tertiary/aromatic N) is 3. The third-order valence-electron chi connectivity index (χ3n) is 19.9. The van der Waals surface area contributed by atoms with Crippen molar-refractivity contribution in [1.82, 2.24) is 57.5 Å². The molecule has 12 amide bonds. The topological polar surface area (TPSA) is 500 Å². The number of aromatic carboxylic acids is 3. The van der Waals surface area contributed by atoms with Crippen molar-refractivity contribution in [1.29, 1.82) is 0 Å². The van der Waals surface area contributed by atoms with Crippen molar-refractivity contribution in [2.24, 2.45) is 17.1 Å². The number of unbranched alkanes of at least 4 members (excludes halogenated alkanes) is 1. The molecule has 1 spiro atoms. The number of amides is 12. The summed E-state index contributed by atoms with van der Waals surface area (Å²) in [7, 11) is 0. The van der Waals surface area contributed by atoms with E-state index in [1.807, 2.05) is 27.7 Å². The molecule has 5 aromatic rings. The number of aryl methyl sites for hydroxylation is 1. The first-order valence-corrected chi connectivity index (χ1v) is 34.6. The van der Waals surface area contributed by atoms with Crippen LogP contribution in [-0.2, 0) is 62.8 Å². The number of fused-ring (bicyclic) bond motifs is 10. The summed E-state index contributed by atoms with van der Waals surface area (Å²) >= 11 is 0. The summed E-state index contributed by atoms with van der Waals surface area (Å²) in [5.74, 6) is -6.84. The Bertz CT molecular complexity index is 4400. The Kier molecular flexibility index (Phi) is 23.4. The number of nitrogens with one attached hydrogen (secondary N) is 13. The largest absolute Gasteiger partial charge is 0.491 e. The van der Waals surface area contributed by atoms with Crippen LogP contribution in [0.1, 0.15) is 150 Å². The second-order valence-corrected chi connectivity index (χ2v) is 26.6. The van der Waals surface area contributed by atoms with Crippen LogP contribution < -0.4 is 79.6 Å². The van der Waals surface area contributed by atoms with E-state index in [0.29, 0.717) is 89.7 Å². The molecule has 0 saturated heterocycles. The molecule has 0 radical (unpaired) electrons. The number of aromatic nitrogens is 3. The normalized spacial score (nSPS) is 20.7. The van der Waals surface area contributed by atoms with Gasteiger partial charge in [0.25, 0.3) is 5.91 Å². The third kappa shape index (κ3) is 16.7. The van der Waals surface area contributed by atoms with Crippen LogP contribution in [0.15, 0.2) is 83.1 Å². The molecule has 4 heterocycles. The minimum absolute atomic E-state index is 0.0122. The molecule has 2 aliphatic carbocycles. The van der Waals surface area contributed by atoms with Crippen LogP contribution in [0.5, 0.6) is 5.75 Å². The van der Waals surface area contributed by atoms with Crippen molar-refractivity contribution >= 4 is 94.3 Å². The van der Waals surface area contributed by atoms with Gasteiger partial charge in [0.05, 0.1) is 76.1 Å². The molecule has 10 rings (SSSR count). The van der Waals surface area contributed by atoms with Gasteiger partial charge in [-0.1, -0.05) is 44.5 Å². The molecule has 34 nitrogen and oxygen atoms in total. The van der Waals surface area contributed by atoms with Gasteiger partial charge in [-0.15, -0.1) is 5.10 Å². The highest BCUT2D eigenvalue weighted by Crippen LogP contribution is 2.52. The molecule has 5 aliphatic rings. The number of benzene rings is 4. The molecule has 6 bridgehead atoms. The molecule has 19 N–H and O–H groups in total. The maximum absolute atomic E-state index is 16.3. The van der Waals surface area contributed by atoms with Gasteiger partial charge in [0, 0.05) is 86.8 Å². The lowest BCUT2D eigenvalue weighted by Crippen LogP contribution is -2.65. The molecular formula is C71H87N17O17. The van der Waals surface area contributed by atoms with Gasteiger partial charge in [-0.25, -0.2) is 43.0 Å². The van der Waals surface area contributed by atoms with Crippen LogP contribution in [0, 0.1) is 18.3 Å². The first kappa shape index (κ1) is 76.0. The predicted molar refractivity (Wildman–Crippen MR) is 382 cm³/mol. The maximum atomic E-state index is 16.3. The van der Waals surface area contributed by atoms with E-state index in [0.717, 1.165) is 29.3 Å².